The summed E-state index contributed by atoms with van der Waals surface area (Å²) in [6.45, 7) is 0.0269. The van der Waals surface area contributed by atoms with Gasteiger partial charge in [-0.1, -0.05) is 5.92 Å². The van der Waals surface area contributed by atoms with Crippen LogP contribution in [0, 0.1) is 12.3 Å². The van der Waals surface area contributed by atoms with Crippen LogP contribution in [0.4, 0.5) is 5.69 Å². The number of nitrogens with zero attached hydrogens (tertiary/aromatic N) is 1. The molecular weight excluding hydrogens is 292 g/mol. The molecule has 1 rings (SSSR count). The average Bonchev–Trinajstić information content (AvgIpc) is 2.17. The molecule has 0 aliphatic heterocycles. The molecule has 1 aromatic rings. The molecule has 0 atom stereocenters. The third-order valence-corrected chi connectivity index (χ3v) is 4.74. The number of nitrogen functional groups attached to an aromatic ring is 1. The summed E-state index contributed by atoms with van der Waals surface area (Å²) in [6.07, 6.45) is 5.08. The number of halogens is 1. The molecule has 4 nitrogen and oxygen atoms in total. The van der Waals surface area contributed by atoms with E-state index in [1.165, 1.54) is 25.2 Å². The Hall–Kier alpha value is -1.03. The number of benzene rings is 1. The first-order chi connectivity index (χ1) is 7.39. The minimum absolute atomic E-state index is 0.0269. The zero-order chi connectivity index (χ0) is 12.3. The number of hydrogen-bond donors (Lipinski definition) is 1. The van der Waals surface area contributed by atoms with E-state index in [2.05, 4.69) is 21.9 Å². The van der Waals surface area contributed by atoms with Crippen LogP contribution >= 0.6 is 15.9 Å². The summed E-state index contributed by atoms with van der Waals surface area (Å²) in [5, 5.41) is 0. The number of rotatable bonds is 3. The molecule has 1 aromatic carbocycles. The molecule has 0 aliphatic rings. The Morgan fingerprint density at radius 2 is 2.19 bits per heavy atom. The van der Waals surface area contributed by atoms with Crippen molar-refractivity contribution < 1.29 is 8.42 Å². The summed E-state index contributed by atoms with van der Waals surface area (Å²) in [5.74, 6) is 2.28. The fourth-order valence-electron chi connectivity index (χ4n) is 1.11. The van der Waals surface area contributed by atoms with Crippen molar-refractivity contribution in [2.75, 3.05) is 19.3 Å². The first kappa shape index (κ1) is 13.0. The van der Waals surface area contributed by atoms with Crippen molar-refractivity contribution in [3.63, 3.8) is 0 Å². The Bertz CT molecular complexity index is 534. The van der Waals surface area contributed by atoms with Crippen molar-refractivity contribution in [3.8, 4) is 12.3 Å². The third-order valence-electron chi connectivity index (χ3n) is 1.96. The maximum absolute atomic E-state index is 12.0. The van der Waals surface area contributed by atoms with E-state index in [9.17, 15) is 8.42 Å². The molecule has 0 aromatic heterocycles. The van der Waals surface area contributed by atoms with Gasteiger partial charge in [0, 0.05) is 17.2 Å². The quantitative estimate of drug-likeness (QED) is 0.676. The lowest BCUT2D eigenvalue weighted by Gasteiger charge is -2.15. The van der Waals surface area contributed by atoms with Gasteiger partial charge in [-0.25, -0.2) is 8.42 Å². The summed E-state index contributed by atoms with van der Waals surface area (Å²) < 4.78 is 25.6. The van der Waals surface area contributed by atoms with E-state index in [1.807, 2.05) is 0 Å². The maximum atomic E-state index is 12.0. The van der Waals surface area contributed by atoms with Gasteiger partial charge in [0.25, 0.3) is 0 Å². The Balaban J connectivity index is 3.23. The molecule has 0 saturated carbocycles. The summed E-state index contributed by atoms with van der Waals surface area (Å²) >= 11 is 3.16. The normalized spacial score (nSPS) is 11.4. The maximum Gasteiger partial charge on any atom is 0.244 e. The van der Waals surface area contributed by atoms with Crippen LogP contribution in [0.1, 0.15) is 0 Å². The summed E-state index contributed by atoms with van der Waals surface area (Å²) in [4.78, 5) is 0.152. The fraction of sp³-hybridized carbons (Fsp3) is 0.200. The number of anilines is 1. The van der Waals surface area contributed by atoms with E-state index >= 15 is 0 Å². The lowest BCUT2D eigenvalue weighted by atomic mass is 10.3. The second-order valence-electron chi connectivity index (χ2n) is 3.16. The van der Waals surface area contributed by atoms with Crippen molar-refractivity contribution in [1.82, 2.24) is 4.31 Å². The molecule has 0 radical (unpaired) electrons. The minimum Gasteiger partial charge on any atom is -0.399 e. The van der Waals surface area contributed by atoms with Gasteiger partial charge >= 0.3 is 0 Å². The smallest absolute Gasteiger partial charge is 0.244 e. The van der Waals surface area contributed by atoms with Gasteiger partial charge in [-0.15, -0.1) is 6.42 Å². The van der Waals surface area contributed by atoms with Crippen LogP contribution in [0.25, 0.3) is 0 Å². The number of terminal acetylenes is 1. The van der Waals surface area contributed by atoms with Crippen molar-refractivity contribution in [2.45, 2.75) is 4.90 Å². The number of sulfonamides is 1. The van der Waals surface area contributed by atoms with E-state index in [4.69, 9.17) is 12.2 Å². The van der Waals surface area contributed by atoms with Crippen LogP contribution in [0.3, 0.4) is 0 Å². The van der Waals surface area contributed by atoms with Gasteiger partial charge in [-0.3, -0.25) is 0 Å². The molecule has 2 N–H and O–H groups in total. The highest BCUT2D eigenvalue weighted by Gasteiger charge is 2.22. The molecule has 0 spiro atoms. The first-order valence-electron chi connectivity index (χ1n) is 4.34. The van der Waals surface area contributed by atoms with Gasteiger partial charge < -0.3 is 5.73 Å². The Morgan fingerprint density at radius 1 is 1.56 bits per heavy atom. The van der Waals surface area contributed by atoms with E-state index < -0.39 is 10.0 Å². The second-order valence-corrected chi connectivity index (χ2v) is 6.02. The highest BCUT2D eigenvalue weighted by Crippen LogP contribution is 2.26. The van der Waals surface area contributed by atoms with E-state index in [0.29, 0.717) is 10.2 Å². The first-order valence-corrected chi connectivity index (χ1v) is 6.57. The molecule has 16 heavy (non-hydrogen) atoms. The number of hydrogen-bond acceptors (Lipinski definition) is 3. The molecule has 0 bridgehead atoms. The molecule has 0 amide bonds. The lowest BCUT2D eigenvalue weighted by molar-refractivity contribution is 0.502. The van der Waals surface area contributed by atoms with Gasteiger partial charge in [-0.05, 0) is 34.1 Å². The van der Waals surface area contributed by atoms with Crippen molar-refractivity contribution in [3.05, 3.63) is 22.7 Å². The average molecular weight is 303 g/mol. The van der Waals surface area contributed by atoms with E-state index in [-0.39, 0.29) is 11.4 Å². The SMILES string of the molecule is C#CCN(C)S(=O)(=O)c1ccc(N)cc1Br. The van der Waals surface area contributed by atoms with E-state index in [1.54, 1.807) is 0 Å². The standard InChI is InChI=1S/C10H11BrN2O2S/c1-3-6-13(2)16(14,15)10-5-4-8(12)7-9(10)11/h1,4-5,7H,6,12H2,2H3. The summed E-state index contributed by atoms with van der Waals surface area (Å²) in [5.41, 5.74) is 6.03. The highest BCUT2D eigenvalue weighted by molar-refractivity contribution is 9.10. The van der Waals surface area contributed by atoms with Crippen LogP contribution in [0.15, 0.2) is 27.6 Å². The molecule has 6 heteroatoms. The van der Waals surface area contributed by atoms with Crippen LogP contribution in [-0.4, -0.2) is 26.3 Å². The molecule has 0 aliphatic carbocycles. The monoisotopic (exact) mass is 302 g/mol. The van der Waals surface area contributed by atoms with Crippen LogP contribution in [-0.2, 0) is 10.0 Å². The Labute approximate surface area is 104 Å². The molecule has 86 valence electrons. The predicted octanol–water partition coefficient (Wildman–Crippen LogP) is 1.29. The van der Waals surface area contributed by atoms with Crippen molar-refractivity contribution in [2.24, 2.45) is 0 Å². The molecule has 0 heterocycles. The van der Waals surface area contributed by atoms with Crippen LogP contribution in [0.2, 0.25) is 0 Å². The summed E-state index contributed by atoms with van der Waals surface area (Å²) in [6, 6.07) is 4.51. The lowest BCUT2D eigenvalue weighted by Crippen LogP contribution is -2.27. The van der Waals surface area contributed by atoms with Crippen molar-refractivity contribution in [1.29, 1.82) is 0 Å². The minimum atomic E-state index is -3.56. The van der Waals surface area contributed by atoms with Crippen LogP contribution in [0.5, 0.6) is 0 Å². The molecular formula is C10H11BrN2O2S. The topological polar surface area (TPSA) is 63.4 Å². The second kappa shape index (κ2) is 4.87. The summed E-state index contributed by atoms with van der Waals surface area (Å²) in [7, 11) is -2.13. The van der Waals surface area contributed by atoms with Crippen molar-refractivity contribution >= 4 is 31.6 Å². The third kappa shape index (κ3) is 2.55. The van der Waals surface area contributed by atoms with Gasteiger partial charge in [-0.2, -0.15) is 4.31 Å². The van der Waals surface area contributed by atoms with Gasteiger partial charge in [0.15, 0.2) is 0 Å². The van der Waals surface area contributed by atoms with Gasteiger partial charge in [0.05, 0.1) is 11.4 Å². The molecule has 0 saturated heterocycles. The molecule has 0 fully saturated rings. The highest BCUT2D eigenvalue weighted by atomic mass is 79.9. The predicted molar refractivity (Wildman–Crippen MR) is 67.2 cm³/mol. The fourth-order valence-corrected chi connectivity index (χ4v) is 3.24. The van der Waals surface area contributed by atoms with Gasteiger partial charge in [0.2, 0.25) is 10.0 Å². The Morgan fingerprint density at radius 3 is 2.69 bits per heavy atom. The number of nitrogens with two attached hydrogens (primary N) is 1. The van der Waals surface area contributed by atoms with Crippen LogP contribution < -0.4 is 5.73 Å². The largest absolute Gasteiger partial charge is 0.399 e. The zero-order valence-electron chi connectivity index (χ0n) is 8.64. The molecule has 0 unspecified atom stereocenters. The Kier molecular flexibility index (Phi) is 3.97. The van der Waals surface area contributed by atoms with Gasteiger partial charge in [0.1, 0.15) is 0 Å². The zero-order valence-corrected chi connectivity index (χ0v) is 11.0. The van der Waals surface area contributed by atoms with E-state index in [0.717, 1.165) is 4.31 Å².